The second kappa shape index (κ2) is 4.64. The van der Waals surface area contributed by atoms with Gasteiger partial charge in [0.15, 0.2) is 0 Å². The zero-order chi connectivity index (χ0) is 12.5. The average molecular weight is 238 g/mol. The van der Waals surface area contributed by atoms with E-state index in [-0.39, 0.29) is 6.04 Å². The van der Waals surface area contributed by atoms with E-state index < -0.39 is 0 Å². The monoisotopic (exact) mass is 238 g/mol. The van der Waals surface area contributed by atoms with E-state index in [1.54, 1.807) is 0 Å². The minimum Gasteiger partial charge on any atom is -0.406 e. The molecule has 1 saturated carbocycles. The van der Waals surface area contributed by atoms with Crippen molar-refractivity contribution in [1.82, 2.24) is 15.5 Å². The topological polar surface area (TPSA) is 63.0 Å². The molecule has 0 radical (unpaired) electrons. The molecular formula is C12H22N4O. The summed E-state index contributed by atoms with van der Waals surface area (Å²) in [7, 11) is 1.88. The predicted octanol–water partition coefficient (Wildman–Crippen LogP) is 2.34. The molecule has 1 aromatic rings. The summed E-state index contributed by atoms with van der Waals surface area (Å²) in [6, 6.07) is 1.10. The van der Waals surface area contributed by atoms with Gasteiger partial charge in [0.25, 0.3) is 0 Å². The van der Waals surface area contributed by atoms with Gasteiger partial charge in [-0.25, -0.2) is 0 Å². The van der Waals surface area contributed by atoms with Gasteiger partial charge < -0.3 is 15.1 Å². The van der Waals surface area contributed by atoms with Crippen molar-refractivity contribution in [2.24, 2.45) is 5.41 Å². The predicted molar refractivity (Wildman–Crippen MR) is 66.8 cm³/mol. The lowest BCUT2D eigenvalue weighted by atomic mass is 9.92. The molecule has 17 heavy (non-hydrogen) atoms. The van der Waals surface area contributed by atoms with E-state index in [2.05, 4.69) is 34.7 Å². The van der Waals surface area contributed by atoms with Gasteiger partial charge in [-0.3, -0.25) is 0 Å². The third-order valence-corrected chi connectivity index (χ3v) is 3.54. The summed E-state index contributed by atoms with van der Waals surface area (Å²) >= 11 is 0. The molecule has 1 fully saturated rings. The quantitative estimate of drug-likeness (QED) is 0.843. The van der Waals surface area contributed by atoms with Gasteiger partial charge in [0.05, 0.1) is 6.04 Å². The summed E-state index contributed by atoms with van der Waals surface area (Å²) in [6.45, 7) is 6.60. The highest BCUT2D eigenvalue weighted by Crippen LogP contribution is 2.38. The Balaban J connectivity index is 1.94. The molecule has 96 valence electrons. The minimum absolute atomic E-state index is 0.0954. The Labute approximate surface area is 102 Å². The SMILES string of the molecule is CNC(C)c1nnc(NC2CCC(C)(C)C2)o1. The van der Waals surface area contributed by atoms with Gasteiger partial charge in [-0.15, -0.1) is 5.10 Å². The van der Waals surface area contributed by atoms with Crippen LogP contribution in [0.25, 0.3) is 0 Å². The Bertz CT molecular complexity index is 374. The molecule has 0 amide bonds. The third kappa shape index (κ3) is 2.97. The largest absolute Gasteiger partial charge is 0.406 e. The fourth-order valence-electron chi connectivity index (χ4n) is 2.33. The Kier molecular flexibility index (Phi) is 3.38. The summed E-state index contributed by atoms with van der Waals surface area (Å²) in [5.41, 5.74) is 0.429. The maximum absolute atomic E-state index is 5.57. The van der Waals surface area contributed by atoms with Crippen LogP contribution in [0.2, 0.25) is 0 Å². The first kappa shape index (κ1) is 12.4. The van der Waals surface area contributed by atoms with Crippen LogP contribution in [0.5, 0.6) is 0 Å². The summed E-state index contributed by atoms with van der Waals surface area (Å²) in [5, 5.41) is 14.5. The van der Waals surface area contributed by atoms with E-state index in [0.717, 1.165) is 6.42 Å². The highest BCUT2D eigenvalue weighted by atomic mass is 16.4. The molecule has 1 heterocycles. The lowest BCUT2D eigenvalue weighted by Gasteiger charge is -2.16. The van der Waals surface area contributed by atoms with Crippen LogP contribution in [-0.2, 0) is 0 Å². The number of hydrogen-bond acceptors (Lipinski definition) is 5. The van der Waals surface area contributed by atoms with E-state index in [9.17, 15) is 0 Å². The number of nitrogens with one attached hydrogen (secondary N) is 2. The van der Waals surface area contributed by atoms with E-state index >= 15 is 0 Å². The van der Waals surface area contributed by atoms with E-state index in [0.29, 0.717) is 23.4 Å². The number of anilines is 1. The van der Waals surface area contributed by atoms with Crippen molar-refractivity contribution in [3.8, 4) is 0 Å². The van der Waals surface area contributed by atoms with Crippen molar-refractivity contribution in [3.63, 3.8) is 0 Å². The summed E-state index contributed by atoms with van der Waals surface area (Å²) < 4.78 is 5.57. The first-order valence-corrected chi connectivity index (χ1v) is 6.27. The van der Waals surface area contributed by atoms with Crippen molar-refractivity contribution in [3.05, 3.63) is 5.89 Å². The van der Waals surface area contributed by atoms with Gasteiger partial charge in [0, 0.05) is 6.04 Å². The molecule has 0 aromatic carbocycles. The molecule has 1 aromatic heterocycles. The molecule has 2 rings (SSSR count). The van der Waals surface area contributed by atoms with E-state index in [4.69, 9.17) is 4.42 Å². The second-order valence-electron chi connectivity index (χ2n) is 5.70. The standard InChI is InChI=1S/C12H22N4O/c1-8(13-4)10-15-16-11(17-10)14-9-5-6-12(2,3)7-9/h8-9,13H,5-7H2,1-4H3,(H,14,16). The molecule has 1 aliphatic carbocycles. The van der Waals surface area contributed by atoms with Crippen LogP contribution in [0.1, 0.15) is 52.0 Å². The molecule has 0 bridgehead atoms. The van der Waals surface area contributed by atoms with Crippen molar-refractivity contribution < 1.29 is 4.42 Å². The normalized spacial score (nSPS) is 24.8. The van der Waals surface area contributed by atoms with Crippen LogP contribution in [0, 0.1) is 5.41 Å². The van der Waals surface area contributed by atoms with Crippen LogP contribution in [0.4, 0.5) is 6.01 Å². The maximum atomic E-state index is 5.57. The highest BCUT2D eigenvalue weighted by molar-refractivity contribution is 5.21. The number of aromatic nitrogens is 2. The number of nitrogens with zero attached hydrogens (tertiary/aromatic N) is 2. The molecule has 0 saturated heterocycles. The molecule has 5 heteroatoms. The van der Waals surface area contributed by atoms with Gasteiger partial charge in [0.2, 0.25) is 5.89 Å². The molecule has 0 aliphatic heterocycles. The molecule has 2 atom stereocenters. The van der Waals surface area contributed by atoms with Crippen molar-refractivity contribution >= 4 is 6.01 Å². The fourth-order valence-corrected chi connectivity index (χ4v) is 2.33. The van der Waals surface area contributed by atoms with Crippen molar-refractivity contribution in [2.75, 3.05) is 12.4 Å². The molecule has 2 N–H and O–H groups in total. The summed E-state index contributed by atoms with van der Waals surface area (Å²) in [5.74, 6) is 0.632. The van der Waals surface area contributed by atoms with Crippen LogP contribution in [0.3, 0.4) is 0 Å². The lowest BCUT2D eigenvalue weighted by Crippen LogP contribution is -2.17. The first-order chi connectivity index (χ1) is 8.00. The third-order valence-electron chi connectivity index (χ3n) is 3.54. The molecule has 0 spiro atoms. The average Bonchev–Trinajstić information content (AvgIpc) is 2.85. The van der Waals surface area contributed by atoms with Gasteiger partial charge >= 0.3 is 6.01 Å². The fraction of sp³-hybridized carbons (Fsp3) is 0.833. The zero-order valence-electron chi connectivity index (χ0n) is 11.1. The molecule has 5 nitrogen and oxygen atoms in total. The van der Waals surface area contributed by atoms with Crippen molar-refractivity contribution in [2.45, 2.75) is 52.1 Å². The highest BCUT2D eigenvalue weighted by Gasteiger charge is 2.31. The van der Waals surface area contributed by atoms with Crippen LogP contribution >= 0.6 is 0 Å². The van der Waals surface area contributed by atoms with Crippen LogP contribution in [-0.4, -0.2) is 23.3 Å². The van der Waals surface area contributed by atoms with Gasteiger partial charge in [-0.1, -0.05) is 18.9 Å². The number of hydrogen-bond donors (Lipinski definition) is 2. The van der Waals surface area contributed by atoms with Gasteiger partial charge in [-0.2, -0.15) is 0 Å². The maximum Gasteiger partial charge on any atom is 0.315 e. The smallest absolute Gasteiger partial charge is 0.315 e. The Hall–Kier alpha value is -1.10. The summed E-state index contributed by atoms with van der Waals surface area (Å²) in [6.07, 6.45) is 3.58. The molecule has 1 aliphatic rings. The van der Waals surface area contributed by atoms with Gasteiger partial charge in [-0.05, 0) is 38.6 Å². The summed E-state index contributed by atoms with van der Waals surface area (Å²) in [4.78, 5) is 0. The Morgan fingerprint density at radius 1 is 1.41 bits per heavy atom. The molecular weight excluding hydrogens is 216 g/mol. The molecule has 2 unspecified atom stereocenters. The Morgan fingerprint density at radius 2 is 2.18 bits per heavy atom. The van der Waals surface area contributed by atoms with E-state index in [1.165, 1.54) is 12.8 Å². The second-order valence-corrected chi connectivity index (χ2v) is 5.70. The first-order valence-electron chi connectivity index (χ1n) is 6.27. The number of rotatable bonds is 4. The lowest BCUT2D eigenvalue weighted by molar-refractivity contribution is 0.377. The minimum atomic E-state index is 0.0954. The Morgan fingerprint density at radius 3 is 2.76 bits per heavy atom. The zero-order valence-corrected chi connectivity index (χ0v) is 11.1. The van der Waals surface area contributed by atoms with Crippen LogP contribution < -0.4 is 10.6 Å². The van der Waals surface area contributed by atoms with Crippen molar-refractivity contribution in [1.29, 1.82) is 0 Å². The van der Waals surface area contributed by atoms with Crippen LogP contribution in [0.15, 0.2) is 4.42 Å². The van der Waals surface area contributed by atoms with E-state index in [1.807, 2.05) is 14.0 Å². The van der Waals surface area contributed by atoms with Gasteiger partial charge in [0.1, 0.15) is 0 Å².